The van der Waals surface area contributed by atoms with Gasteiger partial charge in [-0.05, 0) is 34.1 Å². The number of anilines is 1. The van der Waals surface area contributed by atoms with Gasteiger partial charge in [0.2, 0.25) is 0 Å². The van der Waals surface area contributed by atoms with E-state index >= 15 is 0 Å². The lowest BCUT2D eigenvalue weighted by Crippen LogP contribution is -2.47. The Hall–Kier alpha value is -1.44. The third-order valence-corrected chi connectivity index (χ3v) is 4.11. The van der Waals surface area contributed by atoms with Crippen molar-refractivity contribution in [3.63, 3.8) is 0 Å². The van der Waals surface area contributed by atoms with Gasteiger partial charge in [0.25, 0.3) is 5.91 Å². The van der Waals surface area contributed by atoms with E-state index in [2.05, 4.69) is 31.4 Å². The number of H-pyrrole nitrogens is 1. The van der Waals surface area contributed by atoms with Crippen LogP contribution in [0.3, 0.4) is 0 Å². The number of aromatic amines is 1. The number of hydrogen-bond acceptors (Lipinski definition) is 4. The van der Waals surface area contributed by atoms with Gasteiger partial charge < -0.3 is 15.2 Å². The molecule has 1 amide bonds. The van der Waals surface area contributed by atoms with E-state index in [1.165, 1.54) is 0 Å². The van der Waals surface area contributed by atoms with E-state index in [9.17, 15) is 9.90 Å². The molecule has 1 aromatic heterocycles. The van der Waals surface area contributed by atoms with Crippen LogP contribution in [0.1, 0.15) is 12.8 Å². The van der Waals surface area contributed by atoms with Crippen LogP contribution < -0.4 is 5.32 Å². The molecule has 106 valence electrons. The van der Waals surface area contributed by atoms with E-state index in [0.29, 0.717) is 31.7 Å². The molecule has 7 heteroatoms. The molecule has 6 nitrogen and oxygen atoms in total. The van der Waals surface area contributed by atoms with Gasteiger partial charge in [-0.25, -0.2) is 0 Å². The smallest absolute Gasteiger partial charge is 0.256 e. The van der Waals surface area contributed by atoms with E-state index in [1.807, 2.05) is 6.07 Å². The Morgan fingerprint density at radius 2 is 2.20 bits per heavy atom. The van der Waals surface area contributed by atoms with Gasteiger partial charge in [0, 0.05) is 37.1 Å². The molecule has 20 heavy (non-hydrogen) atoms. The molecule has 0 unspecified atom stereocenters. The number of benzene rings is 1. The second-order valence-corrected chi connectivity index (χ2v) is 5.66. The molecule has 0 atom stereocenters. The number of hydrogen-bond donors (Lipinski definition) is 3. The Balaban J connectivity index is 1.80. The van der Waals surface area contributed by atoms with Crippen molar-refractivity contribution in [2.75, 3.05) is 18.5 Å². The summed E-state index contributed by atoms with van der Waals surface area (Å²) < 4.78 is 5.97. The fraction of sp³-hybridized carbons (Fsp3) is 0.385. The second kappa shape index (κ2) is 5.16. The topological polar surface area (TPSA) is 87.2 Å². The summed E-state index contributed by atoms with van der Waals surface area (Å²) in [5.74, 6) is -0.394. The summed E-state index contributed by atoms with van der Waals surface area (Å²) in [6.45, 7) is 0.796. The fourth-order valence-electron chi connectivity index (χ4n) is 2.24. The highest BCUT2D eigenvalue weighted by Crippen LogP contribution is 2.26. The van der Waals surface area contributed by atoms with Crippen LogP contribution in [0.25, 0.3) is 10.9 Å². The molecule has 0 spiro atoms. The molecule has 1 aliphatic rings. The van der Waals surface area contributed by atoms with Crippen molar-refractivity contribution < 1.29 is 14.6 Å². The lowest BCUT2D eigenvalue weighted by molar-refractivity contribution is -0.143. The molecule has 3 N–H and O–H groups in total. The highest BCUT2D eigenvalue weighted by Gasteiger charge is 2.37. The standard InChI is InChI=1S/C13H14BrN3O3/c14-11-9-2-1-8(7-10(9)16-17-11)15-12(18)13(19)3-5-20-6-4-13/h1-2,7,19H,3-6H2,(H,15,18)(H,16,17). The second-order valence-electron chi connectivity index (χ2n) is 4.87. The number of carbonyl (C=O) groups excluding carboxylic acids is 1. The van der Waals surface area contributed by atoms with Crippen molar-refractivity contribution in [1.29, 1.82) is 0 Å². The number of carbonyl (C=O) groups is 1. The Kier molecular flexibility index (Phi) is 3.49. The summed E-state index contributed by atoms with van der Waals surface area (Å²) in [6, 6.07) is 5.40. The predicted octanol–water partition coefficient (Wildman–Crippen LogP) is 1.81. The van der Waals surface area contributed by atoms with Crippen molar-refractivity contribution >= 4 is 38.4 Å². The van der Waals surface area contributed by atoms with Gasteiger partial charge in [-0.15, -0.1) is 0 Å². The molecule has 0 aliphatic carbocycles. The SMILES string of the molecule is O=C(Nc1ccc2c(Br)[nH]nc2c1)C1(O)CCOCC1. The average molecular weight is 340 g/mol. The Bertz CT molecular complexity index is 649. The van der Waals surface area contributed by atoms with Crippen LogP contribution in [0.4, 0.5) is 5.69 Å². The number of amides is 1. The minimum atomic E-state index is -1.35. The molecular formula is C13H14BrN3O3. The summed E-state index contributed by atoms with van der Waals surface area (Å²) in [5, 5.41) is 20.9. The maximum atomic E-state index is 12.2. The molecule has 1 aromatic carbocycles. The molecule has 3 rings (SSSR count). The van der Waals surface area contributed by atoms with Crippen LogP contribution in [0.5, 0.6) is 0 Å². The maximum absolute atomic E-state index is 12.2. The molecule has 1 saturated heterocycles. The van der Waals surface area contributed by atoms with Crippen LogP contribution in [-0.2, 0) is 9.53 Å². The van der Waals surface area contributed by atoms with E-state index < -0.39 is 11.5 Å². The minimum Gasteiger partial charge on any atom is -0.381 e. The summed E-state index contributed by atoms with van der Waals surface area (Å²) in [7, 11) is 0. The van der Waals surface area contributed by atoms with E-state index in [1.54, 1.807) is 12.1 Å². The lowest BCUT2D eigenvalue weighted by Gasteiger charge is -2.30. The van der Waals surface area contributed by atoms with E-state index in [4.69, 9.17) is 4.74 Å². The molecule has 1 aliphatic heterocycles. The Morgan fingerprint density at radius 1 is 1.45 bits per heavy atom. The van der Waals surface area contributed by atoms with Crippen LogP contribution in [0.2, 0.25) is 0 Å². The average Bonchev–Trinajstić information content (AvgIpc) is 2.81. The van der Waals surface area contributed by atoms with Crippen LogP contribution >= 0.6 is 15.9 Å². The number of nitrogens with one attached hydrogen (secondary N) is 2. The van der Waals surface area contributed by atoms with Crippen molar-refractivity contribution in [2.24, 2.45) is 0 Å². The zero-order valence-electron chi connectivity index (χ0n) is 10.6. The number of nitrogens with zero attached hydrogens (tertiary/aromatic N) is 1. The predicted molar refractivity (Wildman–Crippen MR) is 77.4 cm³/mol. The molecule has 0 radical (unpaired) electrons. The fourth-order valence-corrected chi connectivity index (χ4v) is 2.66. The monoisotopic (exact) mass is 339 g/mol. The van der Waals surface area contributed by atoms with Crippen LogP contribution in [0.15, 0.2) is 22.8 Å². The quantitative estimate of drug-likeness (QED) is 0.778. The molecule has 2 aromatic rings. The number of aliphatic hydroxyl groups is 1. The van der Waals surface area contributed by atoms with Gasteiger partial charge in [-0.2, -0.15) is 5.10 Å². The van der Waals surface area contributed by atoms with Crippen molar-refractivity contribution in [1.82, 2.24) is 10.2 Å². The molecule has 0 bridgehead atoms. The number of fused-ring (bicyclic) bond motifs is 1. The lowest BCUT2D eigenvalue weighted by atomic mass is 9.93. The third-order valence-electron chi connectivity index (χ3n) is 3.51. The summed E-state index contributed by atoms with van der Waals surface area (Å²) in [4.78, 5) is 12.2. The maximum Gasteiger partial charge on any atom is 0.256 e. The first kappa shape index (κ1) is 13.5. The first-order chi connectivity index (χ1) is 9.58. The van der Waals surface area contributed by atoms with Gasteiger partial charge in [0.05, 0.1) is 5.52 Å². The number of aromatic nitrogens is 2. The van der Waals surface area contributed by atoms with Crippen molar-refractivity contribution in [3.05, 3.63) is 22.8 Å². The first-order valence-electron chi connectivity index (χ1n) is 6.34. The Morgan fingerprint density at radius 3 is 2.95 bits per heavy atom. The molecule has 1 fully saturated rings. The first-order valence-corrected chi connectivity index (χ1v) is 7.13. The van der Waals surface area contributed by atoms with Crippen LogP contribution in [-0.4, -0.2) is 40.0 Å². The third kappa shape index (κ3) is 2.44. The van der Waals surface area contributed by atoms with E-state index in [-0.39, 0.29) is 0 Å². The summed E-state index contributed by atoms with van der Waals surface area (Å²) in [6.07, 6.45) is 0.629. The number of ether oxygens (including phenoxy) is 1. The summed E-state index contributed by atoms with van der Waals surface area (Å²) in [5.41, 5.74) is 0.00868. The highest BCUT2D eigenvalue weighted by molar-refractivity contribution is 9.10. The van der Waals surface area contributed by atoms with Gasteiger partial charge >= 0.3 is 0 Å². The molecular weight excluding hydrogens is 326 g/mol. The van der Waals surface area contributed by atoms with Crippen molar-refractivity contribution in [2.45, 2.75) is 18.4 Å². The number of halogens is 1. The summed E-state index contributed by atoms with van der Waals surface area (Å²) >= 11 is 3.35. The largest absolute Gasteiger partial charge is 0.381 e. The highest BCUT2D eigenvalue weighted by atomic mass is 79.9. The zero-order chi connectivity index (χ0) is 14.2. The number of rotatable bonds is 2. The van der Waals surface area contributed by atoms with E-state index in [0.717, 1.165) is 15.5 Å². The molecule has 0 saturated carbocycles. The minimum absolute atomic E-state index is 0.315. The van der Waals surface area contributed by atoms with Gasteiger partial charge in [-0.1, -0.05) is 0 Å². The zero-order valence-corrected chi connectivity index (χ0v) is 12.2. The van der Waals surface area contributed by atoms with Gasteiger partial charge in [-0.3, -0.25) is 9.89 Å². The normalized spacial score (nSPS) is 18.1. The Labute approximate surface area is 123 Å². The molecule has 2 heterocycles. The van der Waals surface area contributed by atoms with Gasteiger partial charge in [0.1, 0.15) is 10.2 Å². The van der Waals surface area contributed by atoms with Crippen LogP contribution in [0, 0.1) is 0 Å². The van der Waals surface area contributed by atoms with Gasteiger partial charge in [0.15, 0.2) is 0 Å². The van der Waals surface area contributed by atoms with Crippen molar-refractivity contribution in [3.8, 4) is 0 Å².